The van der Waals surface area contributed by atoms with Crippen LogP contribution in [0.15, 0.2) is 35.3 Å². The van der Waals surface area contributed by atoms with Gasteiger partial charge in [0.05, 0.1) is 0 Å². The van der Waals surface area contributed by atoms with E-state index < -0.39 is 5.54 Å². The lowest BCUT2D eigenvalue weighted by Gasteiger charge is -2.46. The maximum atomic E-state index is 12.1. The number of aliphatic imine (C=N–C) groups is 1. The van der Waals surface area contributed by atoms with Gasteiger partial charge in [-0.1, -0.05) is 43.2 Å². The van der Waals surface area contributed by atoms with E-state index in [2.05, 4.69) is 29.3 Å². The van der Waals surface area contributed by atoms with Crippen molar-refractivity contribution in [1.29, 1.82) is 0 Å². The molecule has 1 aliphatic carbocycles. The van der Waals surface area contributed by atoms with E-state index in [1.807, 2.05) is 17.9 Å². The largest absolute Gasteiger partial charge is 0.385 e. The van der Waals surface area contributed by atoms with Crippen LogP contribution in [0.4, 0.5) is 4.79 Å². The van der Waals surface area contributed by atoms with Gasteiger partial charge in [0, 0.05) is 12.5 Å². The first-order valence-corrected chi connectivity index (χ1v) is 7.41. The molecule has 1 aromatic carbocycles. The van der Waals surface area contributed by atoms with E-state index in [0.29, 0.717) is 12.4 Å². The van der Waals surface area contributed by atoms with Crippen molar-refractivity contribution in [1.82, 2.24) is 4.90 Å². The fraction of sp³-hybridized carbons (Fsp3) is 0.500. The number of urea groups is 1. The van der Waals surface area contributed by atoms with Crippen LogP contribution in [0.5, 0.6) is 0 Å². The summed E-state index contributed by atoms with van der Waals surface area (Å²) in [6.07, 6.45) is 4.26. The predicted octanol–water partition coefficient (Wildman–Crippen LogP) is 2.90. The van der Waals surface area contributed by atoms with Crippen molar-refractivity contribution < 1.29 is 4.79 Å². The second-order valence-corrected chi connectivity index (χ2v) is 5.66. The average molecular weight is 271 g/mol. The highest BCUT2D eigenvalue weighted by atomic mass is 16.2. The normalized spacial score (nSPS) is 29.9. The Morgan fingerprint density at radius 3 is 2.80 bits per heavy atom. The Labute approximate surface area is 119 Å². The molecule has 2 aliphatic rings. The Morgan fingerprint density at radius 1 is 1.35 bits per heavy atom. The lowest BCUT2D eigenvalue weighted by Crippen LogP contribution is -2.59. The first-order valence-electron chi connectivity index (χ1n) is 7.41. The molecule has 1 heterocycles. The monoisotopic (exact) mass is 271 g/mol. The van der Waals surface area contributed by atoms with E-state index in [1.165, 1.54) is 12.0 Å². The van der Waals surface area contributed by atoms with Gasteiger partial charge in [-0.3, -0.25) is 0 Å². The summed E-state index contributed by atoms with van der Waals surface area (Å²) < 4.78 is 0. The summed E-state index contributed by atoms with van der Waals surface area (Å²) in [6.45, 7) is 2.66. The molecule has 4 heteroatoms. The molecule has 3 rings (SSSR count). The number of nitrogens with two attached hydrogens (primary N) is 1. The van der Waals surface area contributed by atoms with Crippen molar-refractivity contribution in [3.05, 3.63) is 35.9 Å². The van der Waals surface area contributed by atoms with Gasteiger partial charge in [0.15, 0.2) is 0 Å². The van der Waals surface area contributed by atoms with E-state index in [1.54, 1.807) is 0 Å². The summed E-state index contributed by atoms with van der Waals surface area (Å²) >= 11 is 0. The second kappa shape index (κ2) is 4.93. The zero-order chi connectivity index (χ0) is 14.2. The molecule has 1 fully saturated rings. The number of carbonyl (C=O) groups is 1. The third-order valence-electron chi connectivity index (χ3n) is 4.77. The van der Waals surface area contributed by atoms with E-state index >= 15 is 0 Å². The van der Waals surface area contributed by atoms with Crippen molar-refractivity contribution in [2.24, 2.45) is 10.7 Å². The standard InChI is InChI=1S/C16H21N3O/c1-2-19-15(20)18-14(17)16(19)11-7-6-10-13(16)12-8-4-3-5-9-12/h3-5,8-9,13H,2,6-7,10-11H2,1H3,(H2,17,18,20). The average Bonchev–Trinajstić information content (AvgIpc) is 2.71. The summed E-state index contributed by atoms with van der Waals surface area (Å²) in [5.74, 6) is 0.769. The molecule has 1 saturated carbocycles. The van der Waals surface area contributed by atoms with Gasteiger partial charge in [0.25, 0.3) is 0 Å². The molecule has 2 unspecified atom stereocenters. The lowest BCUT2D eigenvalue weighted by atomic mass is 9.68. The number of benzene rings is 1. The Hall–Kier alpha value is -1.84. The predicted molar refractivity (Wildman–Crippen MR) is 79.8 cm³/mol. The SMILES string of the molecule is CCN1C(=O)N=C(N)C12CCCCC2c1ccccc1. The van der Waals surface area contributed by atoms with Crippen LogP contribution in [0.1, 0.15) is 44.1 Å². The Kier molecular flexibility index (Phi) is 3.24. The molecule has 2 atom stereocenters. The van der Waals surface area contributed by atoms with E-state index in [-0.39, 0.29) is 11.9 Å². The molecular weight excluding hydrogens is 250 g/mol. The third kappa shape index (κ3) is 1.74. The van der Waals surface area contributed by atoms with Gasteiger partial charge in [-0.05, 0) is 25.3 Å². The summed E-state index contributed by atoms with van der Waals surface area (Å²) in [4.78, 5) is 18.1. The lowest BCUT2D eigenvalue weighted by molar-refractivity contribution is 0.129. The highest BCUT2D eigenvalue weighted by Gasteiger charge is 2.54. The minimum absolute atomic E-state index is 0.173. The van der Waals surface area contributed by atoms with Gasteiger partial charge < -0.3 is 10.6 Å². The second-order valence-electron chi connectivity index (χ2n) is 5.66. The Morgan fingerprint density at radius 2 is 2.10 bits per heavy atom. The molecule has 0 bridgehead atoms. The maximum Gasteiger partial charge on any atom is 0.346 e. The molecule has 0 radical (unpaired) electrons. The summed E-state index contributed by atoms with van der Waals surface area (Å²) in [5, 5.41) is 0. The first-order chi connectivity index (χ1) is 9.70. The molecule has 4 nitrogen and oxygen atoms in total. The van der Waals surface area contributed by atoms with Gasteiger partial charge in [-0.2, -0.15) is 4.99 Å². The highest BCUT2D eigenvalue weighted by Crippen LogP contribution is 2.47. The quantitative estimate of drug-likeness (QED) is 0.899. The van der Waals surface area contributed by atoms with Crippen molar-refractivity contribution in [2.45, 2.75) is 44.1 Å². The van der Waals surface area contributed by atoms with Crippen LogP contribution >= 0.6 is 0 Å². The van der Waals surface area contributed by atoms with Crippen LogP contribution in [-0.2, 0) is 0 Å². The van der Waals surface area contributed by atoms with Crippen LogP contribution in [-0.4, -0.2) is 28.9 Å². The molecule has 0 aromatic heterocycles. The summed E-state index contributed by atoms with van der Waals surface area (Å²) in [6, 6.07) is 10.2. The zero-order valence-electron chi connectivity index (χ0n) is 11.9. The first kappa shape index (κ1) is 13.2. The number of hydrogen-bond donors (Lipinski definition) is 1. The van der Waals surface area contributed by atoms with Crippen molar-refractivity contribution in [3.63, 3.8) is 0 Å². The van der Waals surface area contributed by atoms with Crippen molar-refractivity contribution in [3.8, 4) is 0 Å². The summed E-state index contributed by atoms with van der Waals surface area (Å²) in [5.41, 5.74) is 7.08. The van der Waals surface area contributed by atoms with Crippen LogP contribution < -0.4 is 5.73 Å². The molecule has 1 spiro atoms. The fourth-order valence-electron chi connectivity index (χ4n) is 3.90. The third-order valence-corrected chi connectivity index (χ3v) is 4.77. The molecular formula is C16H21N3O. The molecule has 2 N–H and O–H groups in total. The number of carbonyl (C=O) groups excluding carboxylic acids is 1. The van der Waals surface area contributed by atoms with E-state index in [4.69, 9.17) is 5.73 Å². The van der Waals surface area contributed by atoms with Crippen LogP contribution in [0.25, 0.3) is 0 Å². The maximum absolute atomic E-state index is 12.1. The number of likely N-dealkylation sites (N-methyl/N-ethyl adjacent to an activating group) is 1. The van der Waals surface area contributed by atoms with Gasteiger partial charge in [0.2, 0.25) is 0 Å². The van der Waals surface area contributed by atoms with Gasteiger partial charge in [0.1, 0.15) is 11.4 Å². The van der Waals surface area contributed by atoms with Gasteiger partial charge >= 0.3 is 6.03 Å². The van der Waals surface area contributed by atoms with E-state index in [9.17, 15) is 4.79 Å². The van der Waals surface area contributed by atoms with Gasteiger partial charge in [-0.25, -0.2) is 4.79 Å². The van der Waals surface area contributed by atoms with Crippen LogP contribution in [0, 0.1) is 0 Å². The van der Waals surface area contributed by atoms with Crippen LogP contribution in [0.2, 0.25) is 0 Å². The number of amidine groups is 1. The highest BCUT2D eigenvalue weighted by molar-refractivity contribution is 6.06. The van der Waals surface area contributed by atoms with Crippen molar-refractivity contribution in [2.75, 3.05) is 6.54 Å². The minimum atomic E-state index is -0.397. The molecule has 2 amide bonds. The summed E-state index contributed by atoms with van der Waals surface area (Å²) in [7, 11) is 0. The van der Waals surface area contributed by atoms with Gasteiger partial charge in [-0.15, -0.1) is 0 Å². The fourth-order valence-corrected chi connectivity index (χ4v) is 3.90. The number of nitrogens with zero attached hydrogens (tertiary/aromatic N) is 2. The minimum Gasteiger partial charge on any atom is -0.385 e. The smallest absolute Gasteiger partial charge is 0.346 e. The number of hydrogen-bond acceptors (Lipinski definition) is 2. The topological polar surface area (TPSA) is 58.7 Å². The molecule has 20 heavy (non-hydrogen) atoms. The Balaban J connectivity index is 2.08. The Bertz CT molecular complexity index is 540. The number of amides is 2. The molecule has 1 aliphatic heterocycles. The number of rotatable bonds is 2. The molecule has 106 valence electrons. The zero-order valence-corrected chi connectivity index (χ0v) is 11.9. The molecule has 1 aromatic rings. The molecule has 0 saturated heterocycles. The van der Waals surface area contributed by atoms with E-state index in [0.717, 1.165) is 19.3 Å². The van der Waals surface area contributed by atoms with Crippen LogP contribution in [0.3, 0.4) is 0 Å². The van der Waals surface area contributed by atoms with Crippen molar-refractivity contribution >= 4 is 11.9 Å².